The molecule has 1 nitrogen and oxygen atoms in total. The largest absolute Gasteiger partial charge is 0.311 e. The predicted molar refractivity (Wildman–Crippen MR) is 79.3 cm³/mol. The van der Waals surface area contributed by atoms with E-state index in [-0.39, 0.29) is 5.54 Å². The summed E-state index contributed by atoms with van der Waals surface area (Å²) in [5.74, 6) is 2.21. The van der Waals surface area contributed by atoms with Gasteiger partial charge in [-0.2, -0.15) is 0 Å². The second-order valence-electron chi connectivity index (χ2n) is 7.87. The summed E-state index contributed by atoms with van der Waals surface area (Å²) in [6, 6.07) is 0. The van der Waals surface area contributed by atoms with Crippen LogP contribution in [0.25, 0.3) is 0 Å². The van der Waals surface area contributed by atoms with E-state index in [0.717, 1.165) is 18.4 Å². The highest BCUT2D eigenvalue weighted by molar-refractivity contribution is 4.82. The summed E-state index contributed by atoms with van der Waals surface area (Å²) in [7, 11) is 0. The molecule has 17 heavy (non-hydrogen) atoms. The van der Waals surface area contributed by atoms with Crippen LogP contribution in [0, 0.1) is 23.2 Å². The van der Waals surface area contributed by atoms with E-state index in [1.165, 1.54) is 6.42 Å². The third-order valence-corrected chi connectivity index (χ3v) is 4.58. The second-order valence-corrected chi connectivity index (χ2v) is 7.87. The summed E-state index contributed by atoms with van der Waals surface area (Å²) in [5, 5.41) is 3.72. The molecule has 0 rings (SSSR count). The second kappa shape index (κ2) is 6.22. The summed E-state index contributed by atoms with van der Waals surface area (Å²) >= 11 is 0. The normalized spacial score (nSPS) is 17.3. The van der Waals surface area contributed by atoms with Crippen molar-refractivity contribution in [2.75, 3.05) is 6.54 Å². The summed E-state index contributed by atoms with van der Waals surface area (Å²) in [5.41, 5.74) is 0.682. The Morgan fingerprint density at radius 3 is 1.71 bits per heavy atom. The number of hydrogen-bond donors (Lipinski definition) is 1. The standard InChI is InChI=1S/C16H35N/c1-12(2)16(8,9)17-11-13(3)10-14(4)15(5,6)7/h12-14,17H,10-11H2,1-9H3. The molecule has 0 fully saturated rings. The smallest absolute Gasteiger partial charge is 0.0148 e. The molecule has 0 aliphatic carbocycles. The predicted octanol–water partition coefficient (Wildman–Crippen LogP) is 4.72. The minimum absolute atomic E-state index is 0.249. The molecule has 2 unspecified atom stereocenters. The van der Waals surface area contributed by atoms with Crippen LogP contribution in [0.15, 0.2) is 0 Å². The Morgan fingerprint density at radius 1 is 0.882 bits per heavy atom. The van der Waals surface area contributed by atoms with Crippen LogP contribution in [0.5, 0.6) is 0 Å². The number of rotatable bonds is 6. The molecule has 1 N–H and O–H groups in total. The highest BCUT2D eigenvalue weighted by Crippen LogP contribution is 2.30. The molecule has 0 aliphatic heterocycles. The zero-order valence-corrected chi connectivity index (χ0v) is 13.6. The van der Waals surface area contributed by atoms with Crippen LogP contribution in [0.1, 0.15) is 68.7 Å². The van der Waals surface area contributed by atoms with Gasteiger partial charge in [-0.05, 0) is 50.0 Å². The lowest BCUT2D eigenvalue weighted by atomic mass is 9.77. The molecule has 0 bridgehead atoms. The van der Waals surface area contributed by atoms with Crippen molar-refractivity contribution in [3.63, 3.8) is 0 Å². The average Bonchev–Trinajstić information content (AvgIpc) is 2.13. The lowest BCUT2D eigenvalue weighted by molar-refractivity contribution is 0.203. The topological polar surface area (TPSA) is 12.0 Å². The molecule has 0 aromatic heterocycles. The van der Waals surface area contributed by atoms with Gasteiger partial charge in [0, 0.05) is 5.54 Å². The molecular weight excluding hydrogens is 206 g/mol. The average molecular weight is 241 g/mol. The van der Waals surface area contributed by atoms with E-state index in [4.69, 9.17) is 0 Å². The quantitative estimate of drug-likeness (QED) is 0.709. The van der Waals surface area contributed by atoms with Crippen molar-refractivity contribution in [2.24, 2.45) is 23.2 Å². The third-order valence-electron chi connectivity index (χ3n) is 4.58. The molecule has 0 amide bonds. The fourth-order valence-corrected chi connectivity index (χ4v) is 1.68. The van der Waals surface area contributed by atoms with E-state index in [9.17, 15) is 0 Å². The molecule has 0 heterocycles. The lowest BCUT2D eigenvalue weighted by Crippen LogP contribution is -2.46. The Labute approximate surface area is 110 Å². The van der Waals surface area contributed by atoms with Crippen LogP contribution >= 0.6 is 0 Å². The zero-order valence-electron chi connectivity index (χ0n) is 13.6. The first kappa shape index (κ1) is 17.0. The number of hydrogen-bond acceptors (Lipinski definition) is 1. The molecule has 0 aromatic rings. The summed E-state index contributed by atoms with van der Waals surface area (Å²) in [6.07, 6.45) is 1.31. The molecule has 0 radical (unpaired) electrons. The maximum atomic E-state index is 3.72. The Hall–Kier alpha value is -0.0400. The van der Waals surface area contributed by atoms with Gasteiger partial charge >= 0.3 is 0 Å². The minimum atomic E-state index is 0.249. The molecule has 0 saturated carbocycles. The van der Waals surface area contributed by atoms with Gasteiger partial charge in [-0.25, -0.2) is 0 Å². The van der Waals surface area contributed by atoms with Gasteiger partial charge in [0.15, 0.2) is 0 Å². The van der Waals surface area contributed by atoms with Crippen molar-refractivity contribution in [1.29, 1.82) is 0 Å². The van der Waals surface area contributed by atoms with Crippen molar-refractivity contribution in [3.05, 3.63) is 0 Å². The first-order valence-corrected chi connectivity index (χ1v) is 7.22. The van der Waals surface area contributed by atoms with Crippen molar-refractivity contribution in [2.45, 2.75) is 74.3 Å². The number of nitrogens with one attached hydrogen (secondary N) is 1. The Bertz CT molecular complexity index is 210. The van der Waals surface area contributed by atoms with E-state index < -0.39 is 0 Å². The van der Waals surface area contributed by atoms with Crippen LogP contribution in [0.2, 0.25) is 0 Å². The van der Waals surface area contributed by atoms with Crippen molar-refractivity contribution >= 4 is 0 Å². The van der Waals surface area contributed by atoms with E-state index in [1.54, 1.807) is 0 Å². The van der Waals surface area contributed by atoms with Crippen LogP contribution in [-0.2, 0) is 0 Å². The highest BCUT2D eigenvalue weighted by Gasteiger charge is 2.25. The molecule has 0 aliphatic rings. The van der Waals surface area contributed by atoms with Crippen molar-refractivity contribution in [3.8, 4) is 0 Å². The van der Waals surface area contributed by atoms with Gasteiger partial charge in [0.1, 0.15) is 0 Å². The third kappa shape index (κ3) is 6.45. The summed E-state index contributed by atoms with van der Waals surface area (Å²) in [6.45, 7) is 22.1. The fraction of sp³-hybridized carbons (Fsp3) is 1.00. The van der Waals surface area contributed by atoms with E-state index in [1.807, 2.05) is 0 Å². The molecule has 2 atom stereocenters. The first-order valence-electron chi connectivity index (χ1n) is 7.22. The molecule has 0 saturated heterocycles. The van der Waals surface area contributed by atoms with E-state index in [2.05, 4.69) is 67.6 Å². The SMILES string of the molecule is CC(CNC(C)(C)C(C)C)CC(C)C(C)(C)C. The van der Waals surface area contributed by atoms with Gasteiger partial charge < -0.3 is 5.32 Å². The monoisotopic (exact) mass is 241 g/mol. The van der Waals surface area contributed by atoms with Crippen molar-refractivity contribution < 1.29 is 0 Å². The molecule has 1 heteroatoms. The zero-order chi connectivity index (χ0) is 13.9. The maximum Gasteiger partial charge on any atom is 0.0148 e. The fourth-order valence-electron chi connectivity index (χ4n) is 1.68. The van der Waals surface area contributed by atoms with Gasteiger partial charge in [0.05, 0.1) is 0 Å². The van der Waals surface area contributed by atoms with Gasteiger partial charge in [-0.15, -0.1) is 0 Å². The van der Waals surface area contributed by atoms with Crippen LogP contribution in [0.3, 0.4) is 0 Å². The molecule has 104 valence electrons. The highest BCUT2D eigenvalue weighted by atomic mass is 15.0. The lowest BCUT2D eigenvalue weighted by Gasteiger charge is -2.34. The van der Waals surface area contributed by atoms with Gasteiger partial charge in [0.2, 0.25) is 0 Å². The summed E-state index contributed by atoms with van der Waals surface area (Å²) < 4.78 is 0. The van der Waals surface area contributed by atoms with Crippen LogP contribution < -0.4 is 5.32 Å². The van der Waals surface area contributed by atoms with E-state index in [0.29, 0.717) is 11.3 Å². The molecule has 0 spiro atoms. The maximum absolute atomic E-state index is 3.72. The molecule has 0 aromatic carbocycles. The Morgan fingerprint density at radius 2 is 1.35 bits per heavy atom. The minimum Gasteiger partial charge on any atom is -0.311 e. The van der Waals surface area contributed by atoms with Crippen LogP contribution in [-0.4, -0.2) is 12.1 Å². The van der Waals surface area contributed by atoms with E-state index >= 15 is 0 Å². The van der Waals surface area contributed by atoms with Gasteiger partial charge in [0.25, 0.3) is 0 Å². The molecular formula is C16H35N. The van der Waals surface area contributed by atoms with Gasteiger partial charge in [-0.1, -0.05) is 48.5 Å². The van der Waals surface area contributed by atoms with Gasteiger partial charge in [-0.3, -0.25) is 0 Å². The van der Waals surface area contributed by atoms with Crippen LogP contribution in [0.4, 0.5) is 0 Å². The summed E-state index contributed by atoms with van der Waals surface area (Å²) in [4.78, 5) is 0. The van der Waals surface area contributed by atoms with Crippen molar-refractivity contribution in [1.82, 2.24) is 5.32 Å². The first-order chi connectivity index (χ1) is 7.47. The Kier molecular flexibility index (Phi) is 6.21. The Balaban J connectivity index is 4.08.